The van der Waals surface area contributed by atoms with E-state index in [1.54, 1.807) is 0 Å². The third-order valence-electron chi connectivity index (χ3n) is 2.78. The average Bonchev–Trinajstić information content (AvgIpc) is 2.35. The molecule has 0 spiro atoms. The lowest BCUT2D eigenvalue weighted by molar-refractivity contribution is -0.141. The van der Waals surface area contributed by atoms with Gasteiger partial charge in [-0.25, -0.2) is 0 Å². The van der Waals surface area contributed by atoms with E-state index in [4.69, 9.17) is 9.84 Å². The quantitative estimate of drug-likeness (QED) is 0.817. The fourth-order valence-corrected chi connectivity index (χ4v) is 1.57. The Bertz CT molecular complexity index is 450. The second-order valence-corrected chi connectivity index (χ2v) is 4.55. The van der Waals surface area contributed by atoms with Crippen LogP contribution in [0.5, 0.6) is 5.75 Å². The highest BCUT2D eigenvalue weighted by Crippen LogP contribution is 2.21. The molecule has 1 unspecified atom stereocenters. The minimum Gasteiger partial charge on any atom is -0.483 e. The molecule has 104 valence electrons. The highest BCUT2D eigenvalue weighted by molar-refractivity contribution is 5.78. The Labute approximate surface area is 112 Å². The van der Waals surface area contributed by atoms with Crippen LogP contribution in [0.25, 0.3) is 0 Å². The van der Waals surface area contributed by atoms with E-state index in [1.165, 1.54) is 6.92 Å². The molecule has 1 aromatic carbocycles. The lowest BCUT2D eigenvalue weighted by Crippen LogP contribution is -2.34. The molecule has 0 aliphatic rings. The number of hydrogen-bond acceptors (Lipinski definition) is 3. The highest BCUT2D eigenvalue weighted by atomic mass is 16.5. The number of para-hydroxylation sites is 1. The van der Waals surface area contributed by atoms with E-state index in [1.807, 2.05) is 32.0 Å². The van der Waals surface area contributed by atoms with Gasteiger partial charge in [-0.2, -0.15) is 0 Å². The number of amides is 1. The zero-order valence-electron chi connectivity index (χ0n) is 11.4. The summed E-state index contributed by atoms with van der Waals surface area (Å²) < 4.78 is 5.46. The normalized spacial score (nSPS) is 11.7. The van der Waals surface area contributed by atoms with Gasteiger partial charge in [0.05, 0.1) is 5.92 Å². The number of carbonyl (C=O) groups is 2. The maximum Gasteiger partial charge on any atom is 0.308 e. The number of ether oxygens (including phenoxy) is 1. The van der Waals surface area contributed by atoms with Crippen molar-refractivity contribution >= 4 is 11.9 Å². The smallest absolute Gasteiger partial charge is 0.308 e. The third kappa shape index (κ3) is 4.62. The van der Waals surface area contributed by atoms with Gasteiger partial charge in [0.1, 0.15) is 5.75 Å². The molecular weight excluding hydrogens is 246 g/mol. The van der Waals surface area contributed by atoms with Crippen molar-refractivity contribution in [1.29, 1.82) is 0 Å². The molecule has 0 heterocycles. The highest BCUT2D eigenvalue weighted by Gasteiger charge is 2.13. The average molecular weight is 265 g/mol. The Morgan fingerprint density at radius 1 is 1.32 bits per heavy atom. The van der Waals surface area contributed by atoms with Gasteiger partial charge in [0.2, 0.25) is 0 Å². The van der Waals surface area contributed by atoms with Crippen molar-refractivity contribution in [2.24, 2.45) is 5.92 Å². The molecule has 0 aliphatic heterocycles. The van der Waals surface area contributed by atoms with E-state index in [0.29, 0.717) is 5.75 Å². The lowest BCUT2D eigenvalue weighted by atomic mass is 10.1. The van der Waals surface area contributed by atoms with Gasteiger partial charge in [0, 0.05) is 6.54 Å². The van der Waals surface area contributed by atoms with Crippen molar-refractivity contribution in [3.05, 3.63) is 29.3 Å². The first-order chi connectivity index (χ1) is 8.91. The molecule has 0 saturated carbocycles. The first kappa shape index (κ1) is 15.0. The van der Waals surface area contributed by atoms with Crippen LogP contribution in [0.15, 0.2) is 18.2 Å². The van der Waals surface area contributed by atoms with Gasteiger partial charge in [-0.15, -0.1) is 0 Å². The fourth-order valence-electron chi connectivity index (χ4n) is 1.57. The summed E-state index contributed by atoms with van der Waals surface area (Å²) in [6.07, 6.45) is 0. The van der Waals surface area contributed by atoms with Gasteiger partial charge in [0.25, 0.3) is 5.91 Å². The maximum absolute atomic E-state index is 11.5. The molecule has 0 radical (unpaired) electrons. The Balaban J connectivity index is 2.44. The van der Waals surface area contributed by atoms with E-state index >= 15 is 0 Å². The number of nitrogens with one attached hydrogen (secondary N) is 1. The van der Waals surface area contributed by atoms with Gasteiger partial charge in [0.15, 0.2) is 6.61 Å². The van der Waals surface area contributed by atoms with Gasteiger partial charge < -0.3 is 15.2 Å². The van der Waals surface area contributed by atoms with E-state index < -0.39 is 11.9 Å². The van der Waals surface area contributed by atoms with E-state index in [-0.39, 0.29) is 19.1 Å². The van der Waals surface area contributed by atoms with Crippen LogP contribution in [0.2, 0.25) is 0 Å². The summed E-state index contributed by atoms with van der Waals surface area (Å²) in [5.41, 5.74) is 1.93. The molecular formula is C14H19NO4. The number of aliphatic carboxylic acids is 1. The van der Waals surface area contributed by atoms with Crippen LogP contribution in [0.4, 0.5) is 0 Å². The fraction of sp³-hybridized carbons (Fsp3) is 0.429. The number of carboxylic acid groups (broad SMARTS) is 1. The monoisotopic (exact) mass is 265 g/mol. The predicted octanol–water partition coefficient (Wildman–Crippen LogP) is 1.52. The maximum atomic E-state index is 11.5. The number of carbonyl (C=O) groups excluding carboxylic acids is 1. The molecule has 1 aromatic rings. The number of aryl methyl sites for hydroxylation is 2. The largest absolute Gasteiger partial charge is 0.483 e. The van der Waals surface area contributed by atoms with Crippen molar-refractivity contribution in [1.82, 2.24) is 5.32 Å². The van der Waals surface area contributed by atoms with E-state index in [9.17, 15) is 9.59 Å². The van der Waals surface area contributed by atoms with Crippen LogP contribution < -0.4 is 10.1 Å². The first-order valence-electron chi connectivity index (χ1n) is 6.10. The Kier molecular flexibility index (Phi) is 5.36. The zero-order chi connectivity index (χ0) is 14.4. The van der Waals surface area contributed by atoms with Crippen molar-refractivity contribution in [3.8, 4) is 5.75 Å². The van der Waals surface area contributed by atoms with Crippen LogP contribution in [0, 0.1) is 19.8 Å². The second-order valence-electron chi connectivity index (χ2n) is 4.55. The summed E-state index contributed by atoms with van der Waals surface area (Å²) in [4.78, 5) is 22.1. The predicted molar refractivity (Wildman–Crippen MR) is 71.2 cm³/mol. The molecule has 0 aliphatic carbocycles. The van der Waals surface area contributed by atoms with Gasteiger partial charge in [-0.05, 0) is 25.0 Å². The topological polar surface area (TPSA) is 75.6 Å². The molecule has 0 fully saturated rings. The van der Waals surface area contributed by atoms with Crippen LogP contribution in [0.3, 0.4) is 0 Å². The minimum absolute atomic E-state index is 0.101. The molecule has 1 atom stereocenters. The first-order valence-corrected chi connectivity index (χ1v) is 6.10. The Morgan fingerprint density at radius 2 is 1.89 bits per heavy atom. The SMILES string of the molecule is Cc1cccc(C)c1OCC(=O)NCC(C)C(=O)O. The van der Waals surface area contributed by atoms with Crippen LogP contribution in [0.1, 0.15) is 18.1 Å². The standard InChI is InChI=1S/C14H19NO4/c1-9-5-4-6-10(2)13(9)19-8-12(16)15-7-11(3)14(17)18/h4-6,11H,7-8H2,1-3H3,(H,15,16)(H,17,18). The second kappa shape index (κ2) is 6.78. The summed E-state index contributed by atoms with van der Waals surface area (Å²) >= 11 is 0. The number of carboxylic acids is 1. The van der Waals surface area contributed by atoms with Crippen LogP contribution in [-0.2, 0) is 9.59 Å². The molecule has 1 rings (SSSR count). The summed E-state index contributed by atoms with van der Waals surface area (Å²) in [7, 11) is 0. The van der Waals surface area contributed by atoms with Gasteiger partial charge in [-0.1, -0.05) is 25.1 Å². The minimum atomic E-state index is -0.934. The van der Waals surface area contributed by atoms with E-state index in [0.717, 1.165) is 11.1 Å². The number of hydrogen-bond donors (Lipinski definition) is 2. The molecule has 0 saturated heterocycles. The third-order valence-corrected chi connectivity index (χ3v) is 2.78. The van der Waals surface area contributed by atoms with Crippen molar-refractivity contribution in [2.75, 3.05) is 13.2 Å². The molecule has 0 bridgehead atoms. The lowest BCUT2D eigenvalue weighted by Gasteiger charge is -2.12. The molecule has 5 heteroatoms. The number of rotatable bonds is 6. The summed E-state index contributed by atoms with van der Waals surface area (Å²) in [6, 6.07) is 5.74. The van der Waals surface area contributed by atoms with Crippen LogP contribution >= 0.6 is 0 Å². The van der Waals surface area contributed by atoms with E-state index in [2.05, 4.69) is 5.32 Å². The molecule has 1 amide bonds. The molecule has 19 heavy (non-hydrogen) atoms. The summed E-state index contributed by atoms with van der Waals surface area (Å²) in [5.74, 6) is -1.17. The molecule has 0 aromatic heterocycles. The van der Waals surface area contributed by atoms with Gasteiger partial charge >= 0.3 is 5.97 Å². The summed E-state index contributed by atoms with van der Waals surface area (Å²) in [6.45, 7) is 5.34. The van der Waals surface area contributed by atoms with Gasteiger partial charge in [-0.3, -0.25) is 9.59 Å². The van der Waals surface area contributed by atoms with Crippen LogP contribution in [-0.4, -0.2) is 30.1 Å². The molecule has 5 nitrogen and oxygen atoms in total. The van der Waals surface area contributed by atoms with Crippen molar-refractivity contribution in [2.45, 2.75) is 20.8 Å². The summed E-state index contributed by atoms with van der Waals surface area (Å²) in [5, 5.41) is 11.2. The Morgan fingerprint density at radius 3 is 2.42 bits per heavy atom. The molecule has 2 N–H and O–H groups in total. The van der Waals surface area contributed by atoms with Crippen molar-refractivity contribution in [3.63, 3.8) is 0 Å². The zero-order valence-corrected chi connectivity index (χ0v) is 11.4. The van der Waals surface area contributed by atoms with Crippen molar-refractivity contribution < 1.29 is 19.4 Å². The Hall–Kier alpha value is -2.04. The number of benzene rings is 1.